The third-order valence-corrected chi connectivity index (χ3v) is 5.17. The number of ketones is 1. The number of rotatable bonds is 7. The van der Waals surface area contributed by atoms with Gasteiger partial charge in [0.25, 0.3) is 0 Å². The van der Waals surface area contributed by atoms with Crippen molar-refractivity contribution in [2.45, 2.75) is 38.8 Å². The number of hydrogen-bond donors (Lipinski definition) is 0. The fraction of sp³-hybridized carbons (Fsp3) is 0.250. The van der Waals surface area contributed by atoms with Gasteiger partial charge in [0.15, 0.2) is 5.82 Å². The molecule has 0 amide bonds. The molecule has 0 N–H and O–H groups in total. The smallest absolute Gasteiger partial charge is 0.218 e. The topological polar surface area (TPSA) is 64.4 Å². The van der Waals surface area contributed by atoms with Gasteiger partial charge in [-0.3, -0.25) is 14.8 Å². The first kappa shape index (κ1) is 19.9. The van der Waals surface area contributed by atoms with Crippen molar-refractivity contribution in [2.24, 2.45) is 4.99 Å². The van der Waals surface area contributed by atoms with E-state index in [0.717, 1.165) is 11.1 Å². The average Bonchev–Trinajstić information content (AvgIpc) is 3.19. The number of halogens is 1. The largest absolute Gasteiger partial charge is 0.472 e. The van der Waals surface area contributed by atoms with Crippen LogP contribution in [0.15, 0.2) is 66.0 Å². The number of Topliss-reactive ketones (excluding diaryl/α,β-unsaturated/α-hetero) is 1. The molecule has 5 nitrogen and oxygen atoms in total. The van der Waals surface area contributed by atoms with Crippen molar-refractivity contribution in [1.29, 1.82) is 0 Å². The van der Waals surface area contributed by atoms with Crippen molar-refractivity contribution in [1.82, 2.24) is 9.97 Å². The van der Waals surface area contributed by atoms with Gasteiger partial charge in [0, 0.05) is 36.1 Å². The van der Waals surface area contributed by atoms with E-state index in [1.54, 1.807) is 18.6 Å². The standard InChI is InChI=1S/C24H22FN3O2/c1-16(18-7-3-2-4-8-18)10-19(29)11-22-23(25)20-13-28-24(21(20)14-27-22)30-15-17-6-5-9-26-12-17/h2-9,12,14,16H,10-11,13,15H2,1H3/t16-/m0/s1. The van der Waals surface area contributed by atoms with Gasteiger partial charge in [-0.25, -0.2) is 9.38 Å². The minimum atomic E-state index is -0.461. The zero-order chi connectivity index (χ0) is 20.9. The molecule has 0 spiro atoms. The minimum absolute atomic E-state index is 0.0256. The van der Waals surface area contributed by atoms with E-state index in [4.69, 9.17) is 4.74 Å². The summed E-state index contributed by atoms with van der Waals surface area (Å²) in [6.45, 7) is 2.48. The molecule has 0 saturated heterocycles. The Morgan fingerprint density at radius 3 is 2.77 bits per heavy atom. The number of aromatic nitrogens is 2. The van der Waals surface area contributed by atoms with Gasteiger partial charge in [-0.05, 0) is 17.5 Å². The van der Waals surface area contributed by atoms with Crippen molar-refractivity contribution in [3.8, 4) is 0 Å². The van der Waals surface area contributed by atoms with E-state index in [1.165, 1.54) is 0 Å². The van der Waals surface area contributed by atoms with Crippen LogP contribution < -0.4 is 0 Å². The summed E-state index contributed by atoms with van der Waals surface area (Å²) in [6, 6.07) is 13.6. The molecule has 0 aliphatic carbocycles. The fourth-order valence-electron chi connectivity index (χ4n) is 3.53. The molecule has 3 aromatic rings. The Bertz CT molecular complexity index is 1070. The highest BCUT2D eigenvalue weighted by Crippen LogP contribution is 2.25. The maximum atomic E-state index is 15.0. The number of ether oxygens (including phenoxy) is 1. The number of hydrogen-bond acceptors (Lipinski definition) is 5. The lowest BCUT2D eigenvalue weighted by Gasteiger charge is -2.12. The third-order valence-electron chi connectivity index (χ3n) is 5.17. The molecule has 0 fully saturated rings. The summed E-state index contributed by atoms with van der Waals surface area (Å²) < 4.78 is 20.7. The van der Waals surface area contributed by atoms with E-state index in [1.807, 2.05) is 49.4 Å². The molecule has 0 bridgehead atoms. The molecule has 152 valence electrons. The minimum Gasteiger partial charge on any atom is -0.472 e. The first-order valence-corrected chi connectivity index (χ1v) is 9.91. The number of fused-ring (bicyclic) bond motifs is 1. The molecular formula is C24H22FN3O2. The molecule has 4 rings (SSSR count). The monoisotopic (exact) mass is 403 g/mol. The maximum absolute atomic E-state index is 15.0. The summed E-state index contributed by atoms with van der Waals surface area (Å²) in [5, 5.41) is 0. The Morgan fingerprint density at radius 2 is 2.00 bits per heavy atom. The molecule has 0 unspecified atom stereocenters. The van der Waals surface area contributed by atoms with Crippen molar-refractivity contribution < 1.29 is 13.9 Å². The molecule has 1 aliphatic rings. The number of carbonyl (C=O) groups excluding carboxylic acids is 1. The van der Waals surface area contributed by atoms with Crippen LogP contribution in [-0.2, 0) is 29.1 Å². The van der Waals surface area contributed by atoms with Crippen LogP contribution in [0.3, 0.4) is 0 Å². The predicted octanol–water partition coefficient (Wildman–Crippen LogP) is 4.40. The van der Waals surface area contributed by atoms with Crippen LogP contribution in [0.2, 0.25) is 0 Å². The van der Waals surface area contributed by atoms with E-state index in [0.29, 0.717) is 30.1 Å². The predicted molar refractivity (Wildman–Crippen MR) is 112 cm³/mol. The molecule has 1 aliphatic heterocycles. The molecular weight excluding hydrogens is 381 g/mol. The van der Waals surface area contributed by atoms with Crippen molar-refractivity contribution in [3.05, 3.63) is 94.8 Å². The fourth-order valence-corrected chi connectivity index (χ4v) is 3.53. The molecule has 1 aromatic carbocycles. The summed E-state index contributed by atoms with van der Waals surface area (Å²) in [5.41, 5.74) is 3.15. The summed E-state index contributed by atoms with van der Waals surface area (Å²) in [4.78, 5) is 25.1. The van der Waals surface area contributed by atoms with Crippen molar-refractivity contribution >= 4 is 11.7 Å². The number of benzene rings is 1. The van der Waals surface area contributed by atoms with E-state index in [-0.39, 0.29) is 30.4 Å². The Hall–Kier alpha value is -3.41. The van der Waals surface area contributed by atoms with Crippen LogP contribution in [0.1, 0.15) is 47.2 Å². The highest BCUT2D eigenvalue weighted by Gasteiger charge is 2.25. The summed E-state index contributed by atoms with van der Waals surface area (Å²) in [7, 11) is 0. The highest BCUT2D eigenvalue weighted by atomic mass is 19.1. The Balaban J connectivity index is 1.40. The van der Waals surface area contributed by atoms with Crippen molar-refractivity contribution in [2.75, 3.05) is 0 Å². The maximum Gasteiger partial charge on any atom is 0.218 e. The van der Waals surface area contributed by atoms with Gasteiger partial charge in [-0.15, -0.1) is 0 Å². The molecule has 30 heavy (non-hydrogen) atoms. The number of nitrogens with zero attached hydrogens (tertiary/aromatic N) is 3. The first-order valence-electron chi connectivity index (χ1n) is 9.91. The average molecular weight is 403 g/mol. The molecule has 6 heteroatoms. The van der Waals surface area contributed by atoms with E-state index in [2.05, 4.69) is 15.0 Å². The van der Waals surface area contributed by atoms with Crippen LogP contribution in [0, 0.1) is 5.82 Å². The van der Waals surface area contributed by atoms with Crippen LogP contribution >= 0.6 is 0 Å². The Morgan fingerprint density at radius 1 is 1.17 bits per heavy atom. The zero-order valence-corrected chi connectivity index (χ0v) is 16.7. The zero-order valence-electron chi connectivity index (χ0n) is 16.7. The van der Waals surface area contributed by atoms with Gasteiger partial charge in [-0.2, -0.15) is 0 Å². The summed E-state index contributed by atoms with van der Waals surface area (Å²) >= 11 is 0. The second-order valence-electron chi connectivity index (χ2n) is 7.41. The Labute approximate surface area is 174 Å². The lowest BCUT2D eigenvalue weighted by Crippen LogP contribution is -2.13. The lowest BCUT2D eigenvalue weighted by molar-refractivity contribution is -0.118. The van der Waals surface area contributed by atoms with Crippen LogP contribution in [-0.4, -0.2) is 21.6 Å². The third kappa shape index (κ3) is 4.43. The summed E-state index contributed by atoms with van der Waals surface area (Å²) in [6.07, 6.45) is 5.27. The number of aliphatic imine (C=N–C) groups is 1. The molecule has 3 heterocycles. The summed E-state index contributed by atoms with van der Waals surface area (Å²) in [5.74, 6) is -0.0514. The van der Waals surface area contributed by atoms with Gasteiger partial charge in [-0.1, -0.05) is 43.3 Å². The normalized spacial score (nSPS) is 13.5. The quantitative estimate of drug-likeness (QED) is 0.587. The van der Waals surface area contributed by atoms with E-state index >= 15 is 0 Å². The molecule has 1 atom stereocenters. The van der Waals surface area contributed by atoms with Gasteiger partial charge in [0.2, 0.25) is 5.90 Å². The van der Waals surface area contributed by atoms with E-state index < -0.39 is 5.82 Å². The Kier molecular flexibility index (Phi) is 5.93. The van der Waals surface area contributed by atoms with Crippen LogP contribution in [0.5, 0.6) is 0 Å². The second kappa shape index (κ2) is 8.95. The molecule has 2 aromatic heterocycles. The molecule has 0 saturated carbocycles. The number of pyridine rings is 2. The number of carbonyl (C=O) groups is 1. The van der Waals surface area contributed by atoms with E-state index in [9.17, 15) is 9.18 Å². The van der Waals surface area contributed by atoms with Gasteiger partial charge >= 0.3 is 0 Å². The second-order valence-corrected chi connectivity index (χ2v) is 7.41. The van der Waals surface area contributed by atoms with Gasteiger partial charge < -0.3 is 4.74 Å². The van der Waals surface area contributed by atoms with Crippen LogP contribution in [0.25, 0.3) is 0 Å². The lowest BCUT2D eigenvalue weighted by atomic mass is 9.94. The highest BCUT2D eigenvalue weighted by molar-refractivity contribution is 5.97. The van der Waals surface area contributed by atoms with Gasteiger partial charge in [0.05, 0.1) is 24.2 Å². The van der Waals surface area contributed by atoms with Crippen molar-refractivity contribution in [3.63, 3.8) is 0 Å². The molecule has 0 radical (unpaired) electrons. The van der Waals surface area contributed by atoms with Gasteiger partial charge in [0.1, 0.15) is 12.4 Å². The van der Waals surface area contributed by atoms with Crippen LogP contribution in [0.4, 0.5) is 4.39 Å². The SMILES string of the molecule is C[C@@H](CC(=O)Cc1ncc2c(c1F)CN=C2OCc1cccnc1)c1ccccc1. The first-order chi connectivity index (χ1) is 14.6.